The lowest BCUT2D eigenvalue weighted by Gasteiger charge is -2.41. The summed E-state index contributed by atoms with van der Waals surface area (Å²) in [6.07, 6.45) is -4.91. The molecule has 12 heteroatoms. The molecule has 1 saturated heterocycles. The molecule has 0 radical (unpaired) electrons. The fourth-order valence-electron chi connectivity index (χ4n) is 5.79. The molecule has 0 bridgehead atoms. The summed E-state index contributed by atoms with van der Waals surface area (Å²) in [5.41, 5.74) is 3.65. The zero-order valence-electron chi connectivity index (χ0n) is 21.3. The quantitative estimate of drug-likeness (QED) is 0.166. The molecule has 0 saturated carbocycles. The van der Waals surface area contributed by atoms with Crippen LogP contribution in [0.15, 0.2) is 18.2 Å². The number of nitrogens with two attached hydrogens (primary N) is 1. The number of hydrogen-bond donors (Lipinski definition) is 8. The van der Waals surface area contributed by atoms with Crippen LogP contribution in [-0.4, -0.2) is 85.4 Å². The Morgan fingerprint density at radius 3 is 2.44 bits per heavy atom. The van der Waals surface area contributed by atoms with Gasteiger partial charge in [0, 0.05) is 41.8 Å². The van der Waals surface area contributed by atoms with Gasteiger partial charge >= 0.3 is 0 Å². The number of methoxy groups -OCH3 is 1. The molecule has 6 atom stereocenters. The SMILES string of the molecule is COc1cccc2c(O)c3c(O)c4c(c(O)c3c(O)c12)[C@@H](OC1C[C@H](N)[C@H](O)[C@H](C)O1)C[C@](O)(C(=O)CO)C4. The van der Waals surface area contributed by atoms with E-state index in [9.17, 15) is 40.5 Å². The van der Waals surface area contributed by atoms with Crippen molar-refractivity contribution >= 4 is 27.3 Å². The van der Waals surface area contributed by atoms with Crippen molar-refractivity contribution in [2.75, 3.05) is 13.7 Å². The molecule has 0 aromatic heterocycles. The van der Waals surface area contributed by atoms with E-state index in [1.165, 1.54) is 13.2 Å². The van der Waals surface area contributed by atoms with Gasteiger partial charge in [0.05, 0.1) is 41.6 Å². The first-order valence-electron chi connectivity index (χ1n) is 12.5. The Hall–Kier alpha value is -3.39. The van der Waals surface area contributed by atoms with Gasteiger partial charge in [0.1, 0.15) is 41.0 Å². The fraction of sp³-hybridized carbons (Fsp3) is 0.444. The van der Waals surface area contributed by atoms with Crippen LogP contribution in [0, 0.1) is 0 Å². The number of ether oxygens (including phenoxy) is 3. The molecule has 39 heavy (non-hydrogen) atoms. The minimum atomic E-state index is -2.20. The highest BCUT2D eigenvalue weighted by Crippen LogP contribution is 2.57. The second-order valence-electron chi connectivity index (χ2n) is 10.2. The van der Waals surface area contributed by atoms with Crippen LogP contribution in [0.25, 0.3) is 21.5 Å². The van der Waals surface area contributed by atoms with E-state index in [1.54, 1.807) is 19.1 Å². The standard InChI is InChI=1S/C27H31NO11/c1-10-22(31)13(28)6-17(38-10)39-15-8-27(36,16(30)9-29)7-12-19(15)26(35)21-20(24(12)33)23(32)11-4-3-5-14(37-2)18(11)25(21)34/h3-5,10,13,15,17,22,29,31-36H,6-9,28H2,1-2H3/t10-,13-,15-,17?,22+,27-/m0/s1. The van der Waals surface area contributed by atoms with Crippen LogP contribution >= 0.6 is 0 Å². The lowest BCUT2D eigenvalue weighted by molar-refractivity contribution is -0.247. The highest BCUT2D eigenvalue weighted by atomic mass is 16.7. The van der Waals surface area contributed by atoms with Crippen LogP contribution in [0.4, 0.5) is 0 Å². The number of aliphatic hydroxyl groups is 3. The van der Waals surface area contributed by atoms with Crippen LogP contribution in [0.2, 0.25) is 0 Å². The Bertz CT molecular complexity index is 1460. The summed E-state index contributed by atoms with van der Waals surface area (Å²) in [4.78, 5) is 12.6. The van der Waals surface area contributed by atoms with E-state index in [4.69, 9.17) is 19.9 Å². The van der Waals surface area contributed by atoms with Gasteiger partial charge in [0.2, 0.25) is 0 Å². The van der Waals surface area contributed by atoms with Crippen molar-refractivity contribution in [3.63, 3.8) is 0 Å². The number of benzene rings is 3. The molecule has 3 aromatic carbocycles. The molecule has 1 fully saturated rings. The first kappa shape index (κ1) is 27.2. The molecule has 1 aliphatic heterocycles. The molecular formula is C27H31NO11. The van der Waals surface area contributed by atoms with E-state index in [-0.39, 0.29) is 44.8 Å². The summed E-state index contributed by atoms with van der Waals surface area (Å²) in [7, 11) is 1.37. The fourth-order valence-corrected chi connectivity index (χ4v) is 5.79. The van der Waals surface area contributed by atoms with Crippen LogP contribution in [0.1, 0.15) is 37.0 Å². The van der Waals surface area contributed by atoms with Gasteiger partial charge in [-0.05, 0) is 13.0 Å². The van der Waals surface area contributed by atoms with Crippen molar-refractivity contribution < 1.29 is 54.8 Å². The number of ketones is 1. The molecule has 5 rings (SSSR count). The molecule has 1 heterocycles. The lowest BCUT2D eigenvalue weighted by atomic mass is 9.74. The van der Waals surface area contributed by atoms with Crippen molar-refractivity contribution in [1.29, 1.82) is 0 Å². The summed E-state index contributed by atoms with van der Waals surface area (Å²) in [6.45, 7) is 0.597. The summed E-state index contributed by atoms with van der Waals surface area (Å²) >= 11 is 0. The van der Waals surface area contributed by atoms with Crippen LogP contribution < -0.4 is 10.5 Å². The van der Waals surface area contributed by atoms with Gasteiger partial charge in [-0.25, -0.2) is 0 Å². The van der Waals surface area contributed by atoms with E-state index < -0.39 is 84.5 Å². The maximum absolute atomic E-state index is 12.6. The maximum Gasteiger partial charge on any atom is 0.190 e. The van der Waals surface area contributed by atoms with Crippen LogP contribution in [0.3, 0.4) is 0 Å². The van der Waals surface area contributed by atoms with Gasteiger partial charge in [-0.2, -0.15) is 0 Å². The van der Waals surface area contributed by atoms with E-state index >= 15 is 0 Å². The summed E-state index contributed by atoms with van der Waals surface area (Å²) in [5.74, 6) is -2.86. The van der Waals surface area contributed by atoms with Crippen molar-refractivity contribution in [3.05, 3.63) is 29.3 Å². The Labute approximate surface area is 222 Å². The predicted molar refractivity (Wildman–Crippen MR) is 137 cm³/mol. The average Bonchev–Trinajstić information content (AvgIpc) is 2.90. The van der Waals surface area contributed by atoms with Crippen LogP contribution in [-0.2, 0) is 20.7 Å². The number of Topliss-reactive ketones (excluding diaryl/α,β-unsaturated/α-hetero) is 1. The van der Waals surface area contributed by atoms with Crippen molar-refractivity contribution in [3.8, 4) is 28.7 Å². The zero-order valence-corrected chi connectivity index (χ0v) is 21.3. The molecular weight excluding hydrogens is 514 g/mol. The molecule has 12 nitrogen and oxygen atoms in total. The zero-order chi connectivity index (χ0) is 28.4. The van der Waals surface area contributed by atoms with Crippen molar-refractivity contribution in [1.82, 2.24) is 0 Å². The second kappa shape index (κ2) is 9.66. The number of phenolic OH excluding ortho intramolecular Hbond substituents is 4. The number of carbonyl (C=O) groups excluding carboxylic acids is 1. The molecule has 1 aliphatic carbocycles. The molecule has 0 amide bonds. The number of fused-ring (bicyclic) bond motifs is 3. The van der Waals surface area contributed by atoms with E-state index in [0.717, 1.165) is 0 Å². The highest BCUT2D eigenvalue weighted by Gasteiger charge is 2.48. The van der Waals surface area contributed by atoms with Gasteiger partial charge in [-0.1, -0.05) is 12.1 Å². The Morgan fingerprint density at radius 1 is 1.10 bits per heavy atom. The third-order valence-corrected chi connectivity index (χ3v) is 7.84. The van der Waals surface area contributed by atoms with Crippen molar-refractivity contribution in [2.24, 2.45) is 5.73 Å². The van der Waals surface area contributed by atoms with Gasteiger partial charge < -0.3 is 55.7 Å². The first-order chi connectivity index (χ1) is 18.4. The van der Waals surface area contributed by atoms with E-state index in [0.29, 0.717) is 0 Å². The molecule has 9 N–H and O–H groups in total. The average molecular weight is 546 g/mol. The largest absolute Gasteiger partial charge is 0.507 e. The molecule has 210 valence electrons. The van der Waals surface area contributed by atoms with E-state index in [1.807, 2.05) is 0 Å². The maximum atomic E-state index is 12.6. The number of aromatic hydroxyl groups is 4. The minimum absolute atomic E-state index is 0.0396. The second-order valence-corrected chi connectivity index (χ2v) is 10.2. The molecule has 3 aromatic rings. The smallest absolute Gasteiger partial charge is 0.190 e. The normalized spacial score (nSPS) is 28.9. The van der Waals surface area contributed by atoms with Gasteiger partial charge in [0.15, 0.2) is 12.1 Å². The summed E-state index contributed by atoms with van der Waals surface area (Å²) < 4.78 is 17.1. The molecule has 2 aliphatic rings. The third kappa shape index (κ3) is 4.11. The van der Waals surface area contributed by atoms with Crippen molar-refractivity contribution in [2.45, 2.75) is 62.4 Å². The number of carbonyl (C=O) groups is 1. The number of aliphatic hydroxyl groups excluding tert-OH is 2. The lowest BCUT2D eigenvalue weighted by Crippen LogP contribution is -2.52. The Balaban J connectivity index is 1.77. The number of phenols is 4. The molecule has 1 unspecified atom stereocenters. The van der Waals surface area contributed by atoms with E-state index in [2.05, 4.69) is 0 Å². The monoisotopic (exact) mass is 545 g/mol. The minimum Gasteiger partial charge on any atom is -0.507 e. The number of hydrogen-bond acceptors (Lipinski definition) is 12. The number of rotatable bonds is 5. The predicted octanol–water partition coefficient (Wildman–Crippen LogP) is 0.944. The summed E-state index contributed by atoms with van der Waals surface area (Å²) in [5, 5.41) is 75.9. The Morgan fingerprint density at radius 2 is 1.79 bits per heavy atom. The topological polar surface area (TPSA) is 212 Å². The third-order valence-electron chi connectivity index (χ3n) is 7.84. The van der Waals surface area contributed by atoms with Gasteiger partial charge in [-0.3, -0.25) is 4.79 Å². The van der Waals surface area contributed by atoms with Crippen LogP contribution in [0.5, 0.6) is 28.7 Å². The van der Waals surface area contributed by atoms with Gasteiger partial charge in [-0.15, -0.1) is 0 Å². The Kier molecular flexibility index (Phi) is 6.74. The summed E-state index contributed by atoms with van der Waals surface area (Å²) in [6, 6.07) is 3.89. The molecule has 0 spiro atoms. The van der Waals surface area contributed by atoms with Gasteiger partial charge in [0.25, 0.3) is 0 Å². The first-order valence-corrected chi connectivity index (χ1v) is 12.5. The highest BCUT2D eigenvalue weighted by molar-refractivity contribution is 6.17.